The molecule has 196 valence electrons. The Kier molecular flexibility index (Phi) is 8.99. The van der Waals surface area contributed by atoms with E-state index >= 15 is 0 Å². The number of fused-ring (bicyclic) bond motifs is 1. The number of amides is 3. The molecule has 0 aromatic heterocycles. The normalized spacial score (nSPS) is 21.3. The lowest BCUT2D eigenvalue weighted by Crippen LogP contribution is -2.62. The molecule has 0 bridgehead atoms. The van der Waals surface area contributed by atoms with Gasteiger partial charge in [-0.2, -0.15) is 0 Å². The van der Waals surface area contributed by atoms with Crippen LogP contribution in [0.5, 0.6) is 0 Å². The maximum absolute atomic E-state index is 13.3. The number of hydrogen-bond acceptors (Lipinski definition) is 7. The smallest absolute Gasteiger partial charge is 0.328 e. The number of nitrogens with one attached hydrogen (secondary N) is 1. The molecular weight excluding hydrogens is 486 g/mol. The minimum atomic E-state index is -1.19. The third-order valence-corrected chi connectivity index (χ3v) is 7.13. The van der Waals surface area contributed by atoms with Crippen molar-refractivity contribution in [3.63, 3.8) is 0 Å². The summed E-state index contributed by atoms with van der Waals surface area (Å²) in [5.41, 5.74) is 0.209. The van der Waals surface area contributed by atoms with Crippen LogP contribution in [0.25, 0.3) is 0 Å². The number of rotatable bonds is 8. The number of ether oxygens (including phenoxy) is 1. The Hall–Kier alpha value is -3.08. The third-order valence-electron chi connectivity index (χ3n) is 6.09. The standard InChI is InChI=1S/C25H33N3O7S/c1-25(2,3)24(34)35-15-36-19(14-16-8-5-4-6-9-16)21(30)26-17-11-12-20(29)27-13-7-10-18(23(32)33)28(27)22(17)31/h4-6,8-9,17-19H,7,10-15H2,1-3H3,(H,26,30)(H,32,33)/t17?,18-,19-/m0/s1. The number of benzene rings is 1. The molecule has 1 aromatic carbocycles. The topological polar surface area (TPSA) is 133 Å². The predicted octanol–water partition coefficient (Wildman–Crippen LogP) is 1.98. The first-order valence-corrected chi connectivity index (χ1v) is 13.0. The van der Waals surface area contributed by atoms with Crippen LogP contribution in [0.3, 0.4) is 0 Å². The molecule has 0 saturated carbocycles. The summed E-state index contributed by atoms with van der Waals surface area (Å²) < 4.78 is 5.33. The van der Waals surface area contributed by atoms with Gasteiger partial charge in [0.15, 0.2) is 6.04 Å². The molecule has 0 spiro atoms. The highest BCUT2D eigenvalue weighted by atomic mass is 32.2. The van der Waals surface area contributed by atoms with Crippen molar-refractivity contribution >= 4 is 41.4 Å². The second kappa shape index (κ2) is 11.8. The number of carboxylic acids is 1. The SMILES string of the molecule is CC(C)(C)C(=O)OCS[C@@H](Cc1ccccc1)C(=O)NC1CCC(=O)N2CCC[C@@H](C(=O)O)N2C1=O. The second-order valence-corrected chi connectivity index (χ2v) is 11.1. The molecule has 11 heteroatoms. The molecule has 2 fully saturated rings. The number of nitrogens with zero attached hydrogens (tertiary/aromatic N) is 2. The fraction of sp³-hybridized carbons (Fsp3) is 0.560. The summed E-state index contributed by atoms with van der Waals surface area (Å²) in [4.78, 5) is 63.3. The van der Waals surface area contributed by atoms with E-state index in [4.69, 9.17) is 4.74 Å². The van der Waals surface area contributed by atoms with E-state index in [0.29, 0.717) is 12.8 Å². The number of carbonyl (C=O) groups excluding carboxylic acids is 4. The molecule has 2 N–H and O–H groups in total. The van der Waals surface area contributed by atoms with E-state index in [1.165, 1.54) is 5.01 Å². The van der Waals surface area contributed by atoms with Crippen molar-refractivity contribution in [1.82, 2.24) is 15.3 Å². The van der Waals surface area contributed by atoms with E-state index in [0.717, 1.165) is 22.3 Å². The summed E-state index contributed by atoms with van der Waals surface area (Å²) in [7, 11) is 0. The van der Waals surface area contributed by atoms with Gasteiger partial charge in [0.2, 0.25) is 11.8 Å². The number of thioether (sulfide) groups is 1. The molecule has 36 heavy (non-hydrogen) atoms. The zero-order valence-electron chi connectivity index (χ0n) is 20.8. The van der Waals surface area contributed by atoms with Crippen molar-refractivity contribution in [3.05, 3.63) is 35.9 Å². The van der Waals surface area contributed by atoms with Crippen molar-refractivity contribution in [2.75, 3.05) is 12.5 Å². The van der Waals surface area contributed by atoms with E-state index in [-0.39, 0.29) is 37.7 Å². The number of carboxylic acid groups (broad SMARTS) is 1. The average molecular weight is 520 g/mol. The van der Waals surface area contributed by atoms with Crippen molar-refractivity contribution in [3.8, 4) is 0 Å². The van der Waals surface area contributed by atoms with Gasteiger partial charge in [-0.1, -0.05) is 30.3 Å². The van der Waals surface area contributed by atoms with Crippen LogP contribution < -0.4 is 5.32 Å². The zero-order valence-corrected chi connectivity index (χ0v) is 21.6. The Morgan fingerprint density at radius 2 is 1.86 bits per heavy atom. The minimum Gasteiger partial charge on any atom is -0.480 e. The highest BCUT2D eigenvalue weighted by molar-refractivity contribution is 8.00. The second-order valence-electron chi connectivity index (χ2n) is 9.94. The summed E-state index contributed by atoms with van der Waals surface area (Å²) in [6.07, 6.45) is 1.13. The van der Waals surface area contributed by atoms with Gasteiger partial charge in [0, 0.05) is 13.0 Å². The van der Waals surface area contributed by atoms with Gasteiger partial charge < -0.3 is 15.2 Å². The Bertz CT molecular complexity index is 995. The predicted molar refractivity (Wildman–Crippen MR) is 132 cm³/mol. The molecule has 2 saturated heterocycles. The molecule has 3 rings (SSSR count). The van der Waals surface area contributed by atoms with E-state index in [9.17, 15) is 29.1 Å². The number of carbonyl (C=O) groups is 5. The molecule has 0 radical (unpaired) electrons. The van der Waals surface area contributed by atoms with Gasteiger partial charge in [-0.05, 0) is 52.0 Å². The summed E-state index contributed by atoms with van der Waals surface area (Å²) in [5, 5.41) is 13.9. The van der Waals surface area contributed by atoms with Crippen LogP contribution in [0.4, 0.5) is 0 Å². The highest BCUT2D eigenvalue weighted by Crippen LogP contribution is 2.26. The fourth-order valence-electron chi connectivity index (χ4n) is 4.10. The molecule has 2 aliphatic rings. The number of esters is 1. The highest BCUT2D eigenvalue weighted by Gasteiger charge is 2.45. The minimum absolute atomic E-state index is 0.0131. The van der Waals surface area contributed by atoms with Crippen molar-refractivity contribution in [2.45, 2.75) is 70.2 Å². The molecule has 3 atom stereocenters. The van der Waals surface area contributed by atoms with Crippen LogP contribution in [-0.4, -0.2) is 74.6 Å². The van der Waals surface area contributed by atoms with Gasteiger partial charge in [0.1, 0.15) is 12.0 Å². The summed E-state index contributed by atoms with van der Waals surface area (Å²) in [5.74, 6) is -3.01. The van der Waals surface area contributed by atoms with Gasteiger partial charge in [0.05, 0.1) is 10.7 Å². The van der Waals surface area contributed by atoms with Crippen LogP contribution >= 0.6 is 11.8 Å². The maximum Gasteiger partial charge on any atom is 0.328 e. The van der Waals surface area contributed by atoms with Crippen LogP contribution in [-0.2, 0) is 35.1 Å². The fourth-order valence-corrected chi connectivity index (χ4v) is 4.97. The summed E-state index contributed by atoms with van der Waals surface area (Å²) in [6.45, 7) is 5.48. The largest absolute Gasteiger partial charge is 0.480 e. The van der Waals surface area contributed by atoms with Crippen LogP contribution in [0, 0.1) is 5.41 Å². The Morgan fingerprint density at radius 3 is 2.50 bits per heavy atom. The molecule has 10 nitrogen and oxygen atoms in total. The molecule has 2 heterocycles. The van der Waals surface area contributed by atoms with Gasteiger partial charge in [-0.15, -0.1) is 11.8 Å². The molecule has 1 aromatic rings. The van der Waals surface area contributed by atoms with Crippen LogP contribution in [0.1, 0.15) is 52.0 Å². The lowest BCUT2D eigenvalue weighted by Gasteiger charge is -2.41. The third kappa shape index (κ3) is 6.77. The lowest BCUT2D eigenvalue weighted by molar-refractivity contribution is -0.180. The first kappa shape index (κ1) is 27.5. The number of aliphatic carboxylic acids is 1. The quantitative estimate of drug-likeness (QED) is 0.393. The molecule has 3 amide bonds. The van der Waals surface area contributed by atoms with E-state index in [1.807, 2.05) is 30.3 Å². The average Bonchev–Trinajstić information content (AvgIpc) is 2.95. The maximum atomic E-state index is 13.3. The van der Waals surface area contributed by atoms with E-state index in [2.05, 4.69) is 5.32 Å². The van der Waals surface area contributed by atoms with Gasteiger partial charge in [-0.3, -0.25) is 24.2 Å². The lowest BCUT2D eigenvalue weighted by atomic mass is 9.98. The summed E-state index contributed by atoms with van der Waals surface area (Å²) >= 11 is 1.14. The van der Waals surface area contributed by atoms with Crippen LogP contribution in [0.2, 0.25) is 0 Å². The van der Waals surface area contributed by atoms with Gasteiger partial charge in [0.25, 0.3) is 5.91 Å². The molecular formula is C25H33N3O7S. The monoisotopic (exact) mass is 519 g/mol. The van der Waals surface area contributed by atoms with Crippen LogP contribution in [0.15, 0.2) is 30.3 Å². The summed E-state index contributed by atoms with van der Waals surface area (Å²) in [6, 6.07) is 7.13. The first-order valence-electron chi connectivity index (χ1n) is 12.0. The first-order chi connectivity index (χ1) is 17.0. The Balaban J connectivity index is 1.75. The van der Waals surface area contributed by atoms with Crippen molar-refractivity contribution in [1.29, 1.82) is 0 Å². The Morgan fingerprint density at radius 1 is 1.17 bits per heavy atom. The van der Waals surface area contributed by atoms with Gasteiger partial charge >= 0.3 is 11.9 Å². The van der Waals surface area contributed by atoms with E-state index < -0.39 is 46.5 Å². The zero-order chi connectivity index (χ0) is 26.5. The molecule has 1 unspecified atom stereocenters. The van der Waals surface area contributed by atoms with Crippen molar-refractivity contribution < 1.29 is 33.8 Å². The molecule has 0 aliphatic carbocycles. The number of hydrazine groups is 1. The van der Waals surface area contributed by atoms with Crippen molar-refractivity contribution in [2.24, 2.45) is 5.41 Å². The number of hydrogen-bond donors (Lipinski definition) is 2. The van der Waals surface area contributed by atoms with Gasteiger partial charge in [-0.25, -0.2) is 9.80 Å². The molecule has 2 aliphatic heterocycles. The van der Waals surface area contributed by atoms with E-state index in [1.54, 1.807) is 20.8 Å². The Labute approximate surface area is 214 Å².